The highest BCUT2D eigenvalue weighted by atomic mass is 32.1. The molecule has 0 saturated carbocycles. The van der Waals surface area contributed by atoms with Gasteiger partial charge in [-0.05, 0) is 29.7 Å². The molecular formula is C17H23N3O2S. The van der Waals surface area contributed by atoms with Crippen molar-refractivity contribution in [3.05, 3.63) is 23.4 Å². The van der Waals surface area contributed by atoms with E-state index < -0.39 is 0 Å². The van der Waals surface area contributed by atoms with Gasteiger partial charge in [-0.15, -0.1) is 21.5 Å². The molecule has 1 fully saturated rings. The van der Waals surface area contributed by atoms with E-state index >= 15 is 0 Å². The molecule has 0 aliphatic carbocycles. The van der Waals surface area contributed by atoms with Crippen molar-refractivity contribution in [2.45, 2.75) is 46.0 Å². The molecule has 5 nitrogen and oxygen atoms in total. The number of nitrogens with zero attached hydrogens (tertiary/aromatic N) is 3. The molecule has 0 bridgehead atoms. The minimum Gasteiger partial charge on any atom is -0.420 e. The van der Waals surface area contributed by atoms with E-state index in [1.807, 2.05) is 22.4 Å². The van der Waals surface area contributed by atoms with E-state index in [-0.39, 0.29) is 17.2 Å². The summed E-state index contributed by atoms with van der Waals surface area (Å²) in [4.78, 5) is 15.4. The van der Waals surface area contributed by atoms with Gasteiger partial charge in [-0.1, -0.05) is 26.8 Å². The SMILES string of the molecule is CC(C)(C)CC(=O)N1CCCC(c2nnc(-c3cccs3)o2)C1. The standard InChI is InChI=1S/C17H23N3O2S/c1-17(2,3)10-14(21)20-8-4-6-12(11-20)15-18-19-16(22-15)13-7-5-9-23-13/h5,7,9,12H,4,6,8,10-11H2,1-3H3. The molecule has 0 spiro atoms. The number of rotatable bonds is 3. The maximum atomic E-state index is 12.4. The smallest absolute Gasteiger partial charge is 0.257 e. The summed E-state index contributed by atoms with van der Waals surface area (Å²) in [5.74, 6) is 1.60. The Labute approximate surface area is 140 Å². The maximum Gasteiger partial charge on any atom is 0.257 e. The van der Waals surface area contributed by atoms with Gasteiger partial charge in [0.05, 0.1) is 10.8 Å². The number of carbonyl (C=O) groups excluding carboxylic acids is 1. The third-order valence-corrected chi connectivity index (χ3v) is 4.84. The summed E-state index contributed by atoms with van der Waals surface area (Å²) >= 11 is 1.59. The molecule has 1 saturated heterocycles. The Bertz CT molecular complexity index is 658. The molecule has 2 aromatic heterocycles. The second-order valence-corrected chi connectivity index (χ2v) is 8.29. The van der Waals surface area contributed by atoms with E-state index in [2.05, 4.69) is 31.0 Å². The molecule has 1 aliphatic heterocycles. The van der Waals surface area contributed by atoms with Crippen molar-refractivity contribution in [2.75, 3.05) is 13.1 Å². The highest BCUT2D eigenvalue weighted by Crippen LogP contribution is 2.31. The molecule has 0 aromatic carbocycles. The van der Waals surface area contributed by atoms with Crippen molar-refractivity contribution in [2.24, 2.45) is 5.41 Å². The Morgan fingerprint density at radius 3 is 2.96 bits per heavy atom. The minimum atomic E-state index is 0.0147. The van der Waals surface area contributed by atoms with Gasteiger partial charge in [0.2, 0.25) is 11.8 Å². The van der Waals surface area contributed by atoms with E-state index in [9.17, 15) is 4.79 Å². The van der Waals surface area contributed by atoms with Crippen molar-refractivity contribution in [1.82, 2.24) is 15.1 Å². The van der Waals surface area contributed by atoms with Gasteiger partial charge < -0.3 is 9.32 Å². The number of amides is 1. The molecular weight excluding hydrogens is 310 g/mol. The van der Waals surface area contributed by atoms with Crippen LogP contribution in [0.4, 0.5) is 0 Å². The van der Waals surface area contributed by atoms with Gasteiger partial charge in [0.1, 0.15) is 0 Å². The van der Waals surface area contributed by atoms with Gasteiger partial charge in [-0.3, -0.25) is 4.79 Å². The van der Waals surface area contributed by atoms with Gasteiger partial charge in [0.25, 0.3) is 5.89 Å². The van der Waals surface area contributed by atoms with Crippen LogP contribution in [-0.4, -0.2) is 34.1 Å². The number of carbonyl (C=O) groups is 1. The third-order valence-electron chi connectivity index (χ3n) is 3.98. The van der Waals surface area contributed by atoms with Crippen LogP contribution in [0.5, 0.6) is 0 Å². The first-order valence-corrected chi connectivity index (χ1v) is 8.95. The van der Waals surface area contributed by atoms with Gasteiger partial charge in [-0.2, -0.15) is 0 Å². The van der Waals surface area contributed by atoms with Crippen LogP contribution < -0.4 is 0 Å². The Kier molecular flexibility index (Phi) is 4.53. The predicted octanol–water partition coefficient (Wildman–Crippen LogP) is 3.94. The second kappa shape index (κ2) is 6.43. The van der Waals surface area contributed by atoms with E-state index in [0.29, 0.717) is 24.7 Å². The summed E-state index contributed by atoms with van der Waals surface area (Å²) in [5, 5.41) is 10.4. The summed E-state index contributed by atoms with van der Waals surface area (Å²) in [7, 11) is 0. The fourth-order valence-electron chi connectivity index (χ4n) is 2.87. The molecule has 3 rings (SSSR count). The molecule has 3 heterocycles. The van der Waals surface area contributed by atoms with Crippen molar-refractivity contribution in [1.29, 1.82) is 0 Å². The molecule has 1 atom stereocenters. The third kappa shape index (κ3) is 3.99. The first kappa shape index (κ1) is 16.2. The molecule has 1 aliphatic rings. The van der Waals surface area contributed by atoms with Gasteiger partial charge in [0, 0.05) is 19.5 Å². The minimum absolute atomic E-state index is 0.0147. The lowest BCUT2D eigenvalue weighted by atomic mass is 9.90. The van der Waals surface area contributed by atoms with E-state index in [1.165, 1.54) is 0 Å². The Morgan fingerprint density at radius 2 is 2.26 bits per heavy atom. The van der Waals surface area contributed by atoms with Gasteiger partial charge in [0.15, 0.2) is 0 Å². The second-order valence-electron chi connectivity index (χ2n) is 7.34. The lowest BCUT2D eigenvalue weighted by molar-refractivity contribution is -0.134. The largest absolute Gasteiger partial charge is 0.420 e. The Hall–Kier alpha value is -1.69. The Balaban J connectivity index is 1.68. The quantitative estimate of drug-likeness (QED) is 0.853. The molecule has 6 heteroatoms. The summed E-state index contributed by atoms with van der Waals surface area (Å²) in [6, 6.07) is 3.94. The van der Waals surface area contributed by atoms with E-state index in [1.54, 1.807) is 11.3 Å². The number of hydrogen-bond acceptors (Lipinski definition) is 5. The van der Waals surface area contributed by atoms with Crippen LogP contribution in [0.1, 0.15) is 51.8 Å². The fraction of sp³-hybridized carbons (Fsp3) is 0.588. The summed E-state index contributed by atoms with van der Waals surface area (Å²) in [5.41, 5.74) is 0.0147. The zero-order chi connectivity index (χ0) is 16.4. The van der Waals surface area contributed by atoms with Crippen LogP contribution in [0.3, 0.4) is 0 Å². The normalized spacial score (nSPS) is 19.1. The van der Waals surface area contributed by atoms with Gasteiger partial charge >= 0.3 is 0 Å². The molecule has 2 aromatic rings. The first-order valence-electron chi connectivity index (χ1n) is 8.07. The number of aromatic nitrogens is 2. The maximum absolute atomic E-state index is 12.4. The summed E-state index contributed by atoms with van der Waals surface area (Å²) in [6.07, 6.45) is 2.55. The highest BCUT2D eigenvalue weighted by molar-refractivity contribution is 7.13. The average molecular weight is 333 g/mol. The molecule has 0 radical (unpaired) electrons. The molecule has 23 heavy (non-hydrogen) atoms. The van der Waals surface area contributed by atoms with Crippen LogP contribution in [0.15, 0.2) is 21.9 Å². The molecule has 1 unspecified atom stereocenters. The number of thiophene rings is 1. The zero-order valence-corrected chi connectivity index (χ0v) is 14.7. The molecule has 1 amide bonds. The molecule has 124 valence electrons. The van der Waals surface area contributed by atoms with Crippen LogP contribution >= 0.6 is 11.3 Å². The zero-order valence-electron chi connectivity index (χ0n) is 13.9. The number of likely N-dealkylation sites (tertiary alicyclic amines) is 1. The average Bonchev–Trinajstić information content (AvgIpc) is 3.17. The fourth-order valence-corrected chi connectivity index (χ4v) is 3.51. The van der Waals surface area contributed by atoms with Crippen molar-refractivity contribution < 1.29 is 9.21 Å². The topological polar surface area (TPSA) is 59.2 Å². The number of piperidine rings is 1. The molecule has 0 N–H and O–H groups in total. The number of hydrogen-bond donors (Lipinski definition) is 0. The first-order chi connectivity index (χ1) is 10.9. The van der Waals surface area contributed by atoms with Crippen molar-refractivity contribution in [3.63, 3.8) is 0 Å². The van der Waals surface area contributed by atoms with Crippen LogP contribution in [0.25, 0.3) is 10.8 Å². The lowest BCUT2D eigenvalue weighted by Gasteiger charge is -2.33. The van der Waals surface area contributed by atoms with Crippen LogP contribution in [-0.2, 0) is 4.79 Å². The van der Waals surface area contributed by atoms with E-state index in [0.717, 1.165) is 24.3 Å². The van der Waals surface area contributed by atoms with Crippen molar-refractivity contribution in [3.8, 4) is 10.8 Å². The van der Waals surface area contributed by atoms with E-state index in [4.69, 9.17) is 4.42 Å². The monoisotopic (exact) mass is 333 g/mol. The van der Waals surface area contributed by atoms with Crippen molar-refractivity contribution >= 4 is 17.2 Å². The predicted molar refractivity (Wildman–Crippen MR) is 90.2 cm³/mol. The highest BCUT2D eigenvalue weighted by Gasteiger charge is 2.30. The lowest BCUT2D eigenvalue weighted by Crippen LogP contribution is -2.40. The summed E-state index contributed by atoms with van der Waals surface area (Å²) in [6.45, 7) is 7.80. The van der Waals surface area contributed by atoms with Crippen LogP contribution in [0.2, 0.25) is 0 Å². The summed E-state index contributed by atoms with van der Waals surface area (Å²) < 4.78 is 5.85. The van der Waals surface area contributed by atoms with Crippen LogP contribution in [0, 0.1) is 5.41 Å². The Morgan fingerprint density at radius 1 is 1.43 bits per heavy atom. The van der Waals surface area contributed by atoms with Gasteiger partial charge in [-0.25, -0.2) is 0 Å².